The van der Waals surface area contributed by atoms with Crippen molar-refractivity contribution in [2.45, 2.75) is 25.0 Å². The largest absolute Gasteiger partial charge is 0.345 e. The van der Waals surface area contributed by atoms with E-state index in [1.54, 1.807) is 38.4 Å². The van der Waals surface area contributed by atoms with E-state index in [0.717, 1.165) is 6.42 Å². The van der Waals surface area contributed by atoms with Gasteiger partial charge in [0.05, 0.1) is 5.75 Å². The molecule has 8 nitrogen and oxygen atoms in total. The highest BCUT2D eigenvalue weighted by Crippen LogP contribution is 2.15. The normalized spacial score (nSPS) is 10.5. The minimum Gasteiger partial charge on any atom is -0.345 e. The van der Waals surface area contributed by atoms with Crippen LogP contribution in [0.3, 0.4) is 0 Å². The third-order valence-corrected chi connectivity index (χ3v) is 4.30. The highest BCUT2D eigenvalue weighted by atomic mass is 32.2. The minimum absolute atomic E-state index is 0.0964. The zero-order valence-electron chi connectivity index (χ0n) is 14.4. The van der Waals surface area contributed by atoms with Crippen LogP contribution < -0.4 is 11.0 Å². The molecule has 1 heterocycles. The van der Waals surface area contributed by atoms with Crippen molar-refractivity contribution in [1.82, 2.24) is 19.7 Å². The van der Waals surface area contributed by atoms with Crippen LogP contribution in [0.15, 0.2) is 34.2 Å². The smallest absolute Gasteiger partial charge is 0.343 e. The SMILES string of the molecule is CCCn1c(SCC(=O)Nc2ccc(C(=O)N(C)C)cc2)n[nH]c1=O. The molecule has 0 fully saturated rings. The molecule has 0 aliphatic carbocycles. The lowest BCUT2D eigenvalue weighted by atomic mass is 10.2. The molecule has 0 aliphatic heterocycles. The van der Waals surface area contributed by atoms with Crippen molar-refractivity contribution < 1.29 is 9.59 Å². The molecular formula is C16H21N5O3S. The first-order valence-electron chi connectivity index (χ1n) is 7.82. The lowest BCUT2D eigenvalue weighted by molar-refractivity contribution is -0.113. The van der Waals surface area contributed by atoms with E-state index in [1.807, 2.05) is 6.92 Å². The number of hydrogen-bond acceptors (Lipinski definition) is 5. The van der Waals surface area contributed by atoms with E-state index >= 15 is 0 Å². The topological polar surface area (TPSA) is 100 Å². The number of carbonyl (C=O) groups is 2. The Balaban J connectivity index is 1.92. The molecule has 0 atom stereocenters. The number of carbonyl (C=O) groups excluding carboxylic acids is 2. The molecule has 9 heteroatoms. The molecule has 25 heavy (non-hydrogen) atoms. The van der Waals surface area contributed by atoms with Gasteiger partial charge in [-0.1, -0.05) is 18.7 Å². The number of benzene rings is 1. The number of nitrogens with zero attached hydrogens (tertiary/aromatic N) is 3. The number of rotatable bonds is 7. The van der Waals surface area contributed by atoms with Gasteiger partial charge in [-0.25, -0.2) is 9.89 Å². The summed E-state index contributed by atoms with van der Waals surface area (Å²) in [4.78, 5) is 37.0. The van der Waals surface area contributed by atoms with Gasteiger partial charge in [-0.15, -0.1) is 5.10 Å². The molecule has 0 unspecified atom stereocenters. The molecule has 0 saturated carbocycles. The zero-order chi connectivity index (χ0) is 18.4. The zero-order valence-corrected chi connectivity index (χ0v) is 15.2. The predicted octanol–water partition coefficient (Wildman–Crippen LogP) is 1.41. The van der Waals surface area contributed by atoms with Crippen LogP contribution in [0.1, 0.15) is 23.7 Å². The highest BCUT2D eigenvalue weighted by molar-refractivity contribution is 7.99. The monoisotopic (exact) mass is 363 g/mol. The van der Waals surface area contributed by atoms with Crippen molar-refractivity contribution >= 4 is 29.3 Å². The van der Waals surface area contributed by atoms with Crippen LogP contribution in [0.25, 0.3) is 0 Å². The number of amides is 2. The summed E-state index contributed by atoms with van der Waals surface area (Å²) >= 11 is 1.19. The molecule has 134 valence electrons. The fraction of sp³-hybridized carbons (Fsp3) is 0.375. The van der Waals surface area contributed by atoms with Crippen LogP contribution in [-0.2, 0) is 11.3 Å². The lowest BCUT2D eigenvalue weighted by Gasteiger charge is -2.11. The van der Waals surface area contributed by atoms with Gasteiger partial charge in [-0.2, -0.15) is 0 Å². The summed E-state index contributed by atoms with van der Waals surface area (Å²) in [7, 11) is 3.37. The standard InChI is InChI=1S/C16H21N5O3S/c1-4-9-21-15(24)18-19-16(21)25-10-13(22)17-12-7-5-11(6-8-12)14(23)20(2)3/h5-8H,4,9-10H2,1-3H3,(H,17,22)(H,18,24). The summed E-state index contributed by atoms with van der Waals surface area (Å²) in [6, 6.07) is 6.69. The van der Waals surface area contributed by atoms with Gasteiger partial charge >= 0.3 is 5.69 Å². The van der Waals surface area contributed by atoms with Crippen molar-refractivity contribution in [2.24, 2.45) is 0 Å². The maximum Gasteiger partial charge on any atom is 0.343 e. The van der Waals surface area contributed by atoms with Crippen LogP contribution in [0.4, 0.5) is 5.69 Å². The molecule has 2 amide bonds. The minimum atomic E-state index is -0.272. The lowest BCUT2D eigenvalue weighted by Crippen LogP contribution is -2.21. The molecule has 0 radical (unpaired) electrons. The summed E-state index contributed by atoms with van der Waals surface area (Å²) in [6.07, 6.45) is 0.803. The number of anilines is 1. The summed E-state index contributed by atoms with van der Waals surface area (Å²) < 4.78 is 1.51. The molecule has 0 saturated heterocycles. The molecule has 2 aromatic rings. The van der Waals surface area contributed by atoms with Crippen molar-refractivity contribution in [2.75, 3.05) is 25.2 Å². The van der Waals surface area contributed by atoms with Gasteiger partial charge in [0.2, 0.25) is 5.91 Å². The first kappa shape index (κ1) is 18.8. The van der Waals surface area contributed by atoms with Crippen LogP contribution in [0, 0.1) is 0 Å². The number of H-pyrrole nitrogens is 1. The Morgan fingerprint density at radius 1 is 1.28 bits per heavy atom. The number of aromatic amines is 1. The highest BCUT2D eigenvalue weighted by Gasteiger charge is 2.12. The third-order valence-electron chi connectivity index (χ3n) is 3.32. The van der Waals surface area contributed by atoms with Crippen molar-refractivity contribution in [3.8, 4) is 0 Å². The Kier molecular flexibility index (Phi) is 6.40. The number of thioether (sulfide) groups is 1. The van der Waals surface area contributed by atoms with Gasteiger partial charge in [-0.05, 0) is 30.7 Å². The molecular weight excluding hydrogens is 342 g/mol. The predicted molar refractivity (Wildman–Crippen MR) is 97.0 cm³/mol. The second-order valence-electron chi connectivity index (χ2n) is 5.58. The molecule has 2 rings (SSSR count). The van der Waals surface area contributed by atoms with E-state index < -0.39 is 0 Å². The van der Waals surface area contributed by atoms with E-state index in [2.05, 4.69) is 15.5 Å². The average molecular weight is 363 g/mol. The first-order valence-corrected chi connectivity index (χ1v) is 8.80. The van der Waals surface area contributed by atoms with Gasteiger partial charge < -0.3 is 10.2 Å². The van der Waals surface area contributed by atoms with Gasteiger partial charge in [0.25, 0.3) is 5.91 Å². The first-order chi connectivity index (χ1) is 11.9. The fourth-order valence-corrected chi connectivity index (χ4v) is 2.89. The number of nitrogens with one attached hydrogen (secondary N) is 2. The van der Waals surface area contributed by atoms with E-state index in [-0.39, 0.29) is 23.3 Å². The maximum absolute atomic E-state index is 12.1. The van der Waals surface area contributed by atoms with E-state index in [1.165, 1.54) is 21.2 Å². The van der Waals surface area contributed by atoms with Gasteiger partial charge in [0.1, 0.15) is 0 Å². The van der Waals surface area contributed by atoms with Crippen molar-refractivity contribution in [1.29, 1.82) is 0 Å². The molecule has 1 aromatic carbocycles. The van der Waals surface area contributed by atoms with Crippen LogP contribution in [-0.4, -0.2) is 51.3 Å². The molecule has 2 N–H and O–H groups in total. The second kappa shape index (κ2) is 8.52. The number of hydrogen-bond donors (Lipinski definition) is 2. The van der Waals surface area contributed by atoms with Crippen LogP contribution >= 0.6 is 11.8 Å². The van der Waals surface area contributed by atoms with Gasteiger partial charge in [-0.3, -0.25) is 14.2 Å². The third kappa shape index (κ3) is 4.96. The van der Waals surface area contributed by atoms with E-state index in [9.17, 15) is 14.4 Å². The molecule has 0 spiro atoms. The Morgan fingerprint density at radius 2 is 1.96 bits per heavy atom. The Labute approximate surface area is 149 Å². The van der Waals surface area contributed by atoms with Gasteiger partial charge in [0, 0.05) is 31.9 Å². The Bertz CT molecular complexity index is 795. The summed E-state index contributed by atoms with van der Waals surface area (Å²) in [5, 5.41) is 9.57. The second-order valence-corrected chi connectivity index (χ2v) is 6.52. The summed E-state index contributed by atoms with van der Waals surface area (Å²) in [5.41, 5.74) is 0.886. The van der Waals surface area contributed by atoms with Crippen LogP contribution in [0.5, 0.6) is 0 Å². The molecule has 1 aromatic heterocycles. The van der Waals surface area contributed by atoms with E-state index in [0.29, 0.717) is 23.0 Å². The van der Waals surface area contributed by atoms with Crippen LogP contribution in [0.2, 0.25) is 0 Å². The molecule has 0 bridgehead atoms. The maximum atomic E-state index is 12.1. The summed E-state index contributed by atoms with van der Waals surface area (Å²) in [6.45, 7) is 2.52. The van der Waals surface area contributed by atoms with Gasteiger partial charge in [0.15, 0.2) is 5.16 Å². The average Bonchev–Trinajstić information content (AvgIpc) is 2.93. The Hall–Kier alpha value is -2.55. The van der Waals surface area contributed by atoms with Crippen molar-refractivity contribution in [3.05, 3.63) is 40.3 Å². The summed E-state index contributed by atoms with van der Waals surface area (Å²) in [5.74, 6) is -0.178. The fourth-order valence-electron chi connectivity index (χ4n) is 2.12. The van der Waals surface area contributed by atoms with Crippen molar-refractivity contribution in [3.63, 3.8) is 0 Å². The quantitative estimate of drug-likeness (QED) is 0.725. The number of aromatic nitrogens is 3. The van der Waals surface area contributed by atoms with E-state index in [4.69, 9.17) is 0 Å². The Morgan fingerprint density at radius 3 is 2.56 bits per heavy atom. The molecule has 0 aliphatic rings.